The average Bonchev–Trinajstić information content (AvgIpc) is 2.99. The standard InChI is InChI=1S/C18H16N4O2S/c1-13-2-4-14(5-3-13)18-12-15(10-11-19)21-22(18)16-6-8-17(9-7-16)25(20,23)24/h2-9,12H,10H2,1H3,(H2,20,23,24). The van der Waals surface area contributed by atoms with Crippen LogP contribution in [0.25, 0.3) is 16.9 Å². The van der Waals surface area contributed by atoms with Crippen LogP contribution in [0.5, 0.6) is 0 Å². The van der Waals surface area contributed by atoms with Crippen LogP contribution in [0.4, 0.5) is 0 Å². The molecule has 0 aliphatic heterocycles. The van der Waals surface area contributed by atoms with Gasteiger partial charge in [-0.2, -0.15) is 10.4 Å². The molecule has 0 fully saturated rings. The Morgan fingerprint density at radius 1 is 1.12 bits per heavy atom. The number of aryl methyl sites for hydroxylation is 1. The summed E-state index contributed by atoms with van der Waals surface area (Å²) in [4.78, 5) is 0.0394. The third-order valence-corrected chi connectivity index (χ3v) is 4.71. The predicted octanol–water partition coefficient (Wildman–Crippen LogP) is 2.56. The van der Waals surface area contributed by atoms with E-state index in [2.05, 4.69) is 11.2 Å². The Morgan fingerprint density at radius 3 is 2.32 bits per heavy atom. The molecule has 0 radical (unpaired) electrons. The summed E-state index contributed by atoms with van der Waals surface area (Å²) < 4.78 is 24.5. The van der Waals surface area contributed by atoms with E-state index in [0.29, 0.717) is 11.4 Å². The lowest BCUT2D eigenvalue weighted by Crippen LogP contribution is -2.12. The fourth-order valence-corrected chi connectivity index (χ4v) is 3.02. The summed E-state index contributed by atoms with van der Waals surface area (Å²) in [6.45, 7) is 2.01. The zero-order chi connectivity index (χ0) is 18.0. The topological polar surface area (TPSA) is 102 Å². The van der Waals surface area contributed by atoms with Gasteiger partial charge < -0.3 is 0 Å². The minimum Gasteiger partial charge on any atom is -0.233 e. The van der Waals surface area contributed by atoms with Crippen molar-refractivity contribution in [2.75, 3.05) is 0 Å². The highest BCUT2D eigenvalue weighted by Gasteiger charge is 2.13. The van der Waals surface area contributed by atoms with Gasteiger partial charge in [0.05, 0.1) is 34.5 Å². The van der Waals surface area contributed by atoms with Crippen molar-refractivity contribution in [3.63, 3.8) is 0 Å². The van der Waals surface area contributed by atoms with Crippen LogP contribution < -0.4 is 5.14 Å². The van der Waals surface area contributed by atoms with E-state index in [1.165, 1.54) is 12.1 Å². The first kappa shape index (κ1) is 16.9. The molecule has 3 aromatic rings. The molecule has 0 saturated carbocycles. The molecule has 0 bridgehead atoms. The van der Waals surface area contributed by atoms with E-state index < -0.39 is 10.0 Å². The van der Waals surface area contributed by atoms with Crippen LogP contribution in [-0.2, 0) is 16.4 Å². The second-order valence-electron chi connectivity index (χ2n) is 5.67. The summed E-state index contributed by atoms with van der Waals surface area (Å²) in [6, 6.07) is 18.1. The van der Waals surface area contributed by atoms with Crippen LogP contribution in [0.15, 0.2) is 59.5 Å². The fraction of sp³-hybridized carbons (Fsp3) is 0.111. The lowest BCUT2D eigenvalue weighted by Gasteiger charge is -2.08. The van der Waals surface area contributed by atoms with Crippen molar-refractivity contribution in [1.29, 1.82) is 5.26 Å². The molecule has 0 saturated heterocycles. The number of nitriles is 1. The van der Waals surface area contributed by atoms with Gasteiger partial charge in [-0.25, -0.2) is 18.2 Å². The quantitative estimate of drug-likeness (QED) is 0.779. The Hall–Kier alpha value is -2.95. The van der Waals surface area contributed by atoms with Gasteiger partial charge in [-0.05, 0) is 37.3 Å². The van der Waals surface area contributed by atoms with Crippen molar-refractivity contribution in [2.24, 2.45) is 5.14 Å². The summed E-state index contributed by atoms with van der Waals surface area (Å²) >= 11 is 0. The highest BCUT2D eigenvalue weighted by Crippen LogP contribution is 2.25. The van der Waals surface area contributed by atoms with Gasteiger partial charge in [-0.15, -0.1) is 0 Å². The molecule has 3 rings (SSSR count). The molecule has 25 heavy (non-hydrogen) atoms. The van der Waals surface area contributed by atoms with Gasteiger partial charge >= 0.3 is 0 Å². The molecular weight excluding hydrogens is 336 g/mol. The average molecular weight is 352 g/mol. The molecule has 2 N–H and O–H groups in total. The molecule has 1 heterocycles. The number of primary sulfonamides is 1. The van der Waals surface area contributed by atoms with Crippen LogP contribution in [0.1, 0.15) is 11.3 Å². The Bertz CT molecular complexity index is 1040. The smallest absolute Gasteiger partial charge is 0.233 e. The molecule has 6 nitrogen and oxygen atoms in total. The van der Waals surface area contributed by atoms with E-state index in [-0.39, 0.29) is 11.3 Å². The molecule has 0 unspecified atom stereocenters. The maximum absolute atomic E-state index is 11.4. The normalized spacial score (nSPS) is 11.2. The summed E-state index contributed by atoms with van der Waals surface area (Å²) in [6.07, 6.45) is 0.196. The molecule has 126 valence electrons. The van der Waals surface area contributed by atoms with E-state index >= 15 is 0 Å². The lowest BCUT2D eigenvalue weighted by molar-refractivity contribution is 0.598. The van der Waals surface area contributed by atoms with Gasteiger partial charge in [0.2, 0.25) is 10.0 Å². The monoisotopic (exact) mass is 352 g/mol. The molecule has 0 atom stereocenters. The summed E-state index contributed by atoms with van der Waals surface area (Å²) in [5.41, 5.74) is 4.26. The van der Waals surface area contributed by atoms with Gasteiger partial charge in [0.1, 0.15) is 0 Å². The Balaban J connectivity index is 2.11. The van der Waals surface area contributed by atoms with Crippen LogP contribution >= 0.6 is 0 Å². The molecule has 0 spiro atoms. The minimum absolute atomic E-state index is 0.0394. The lowest BCUT2D eigenvalue weighted by atomic mass is 10.1. The fourth-order valence-electron chi connectivity index (χ4n) is 2.50. The van der Waals surface area contributed by atoms with Crippen LogP contribution in [0, 0.1) is 18.3 Å². The Labute approximate surface area is 146 Å². The van der Waals surface area contributed by atoms with Crippen molar-refractivity contribution < 1.29 is 8.42 Å². The second kappa shape index (κ2) is 6.51. The number of rotatable bonds is 4. The largest absolute Gasteiger partial charge is 0.238 e. The van der Waals surface area contributed by atoms with Crippen molar-refractivity contribution in [1.82, 2.24) is 9.78 Å². The van der Waals surface area contributed by atoms with Gasteiger partial charge in [0, 0.05) is 5.56 Å². The molecule has 0 aliphatic rings. The summed E-state index contributed by atoms with van der Waals surface area (Å²) in [5, 5.41) is 18.6. The zero-order valence-electron chi connectivity index (χ0n) is 13.5. The van der Waals surface area contributed by atoms with Crippen LogP contribution in [0.2, 0.25) is 0 Å². The zero-order valence-corrected chi connectivity index (χ0v) is 14.4. The Morgan fingerprint density at radius 2 is 1.76 bits per heavy atom. The first-order valence-electron chi connectivity index (χ1n) is 7.54. The maximum atomic E-state index is 11.4. The van der Waals surface area contributed by atoms with Crippen LogP contribution in [0.3, 0.4) is 0 Å². The van der Waals surface area contributed by atoms with Gasteiger partial charge in [-0.3, -0.25) is 0 Å². The first-order valence-corrected chi connectivity index (χ1v) is 9.09. The number of hydrogen-bond acceptors (Lipinski definition) is 4. The highest BCUT2D eigenvalue weighted by atomic mass is 32.2. The third kappa shape index (κ3) is 3.60. The third-order valence-electron chi connectivity index (χ3n) is 3.78. The highest BCUT2D eigenvalue weighted by molar-refractivity contribution is 7.89. The van der Waals surface area contributed by atoms with Gasteiger partial charge in [0.25, 0.3) is 0 Å². The molecule has 7 heteroatoms. The number of nitrogens with two attached hydrogens (primary N) is 1. The van der Waals surface area contributed by atoms with Gasteiger partial charge in [0.15, 0.2) is 0 Å². The van der Waals surface area contributed by atoms with E-state index in [0.717, 1.165) is 16.8 Å². The number of hydrogen-bond donors (Lipinski definition) is 1. The molecule has 0 aliphatic carbocycles. The van der Waals surface area contributed by atoms with Crippen molar-refractivity contribution in [3.05, 3.63) is 65.9 Å². The number of nitrogens with zero attached hydrogens (tertiary/aromatic N) is 3. The predicted molar refractivity (Wildman–Crippen MR) is 94.4 cm³/mol. The number of sulfonamides is 1. The van der Waals surface area contributed by atoms with Crippen molar-refractivity contribution in [2.45, 2.75) is 18.2 Å². The van der Waals surface area contributed by atoms with Crippen LogP contribution in [-0.4, -0.2) is 18.2 Å². The van der Waals surface area contributed by atoms with Crippen molar-refractivity contribution >= 4 is 10.0 Å². The first-order chi connectivity index (χ1) is 11.9. The summed E-state index contributed by atoms with van der Waals surface area (Å²) in [7, 11) is -3.74. The van der Waals surface area contributed by atoms with E-state index in [1.54, 1.807) is 16.8 Å². The number of aromatic nitrogens is 2. The van der Waals surface area contributed by atoms with Crippen molar-refractivity contribution in [3.8, 4) is 23.0 Å². The van der Waals surface area contributed by atoms with E-state index in [1.807, 2.05) is 37.3 Å². The van der Waals surface area contributed by atoms with E-state index in [4.69, 9.17) is 10.4 Å². The summed E-state index contributed by atoms with van der Waals surface area (Å²) in [5.74, 6) is 0. The Kier molecular flexibility index (Phi) is 4.40. The molecule has 0 amide bonds. The molecule has 2 aromatic carbocycles. The number of benzene rings is 2. The molecular formula is C18H16N4O2S. The SMILES string of the molecule is Cc1ccc(-c2cc(CC#N)nn2-c2ccc(S(N)(=O)=O)cc2)cc1. The van der Waals surface area contributed by atoms with Gasteiger partial charge in [-0.1, -0.05) is 29.8 Å². The molecule has 1 aromatic heterocycles. The maximum Gasteiger partial charge on any atom is 0.238 e. The minimum atomic E-state index is -3.74. The van der Waals surface area contributed by atoms with E-state index in [9.17, 15) is 8.42 Å². The second-order valence-corrected chi connectivity index (χ2v) is 7.23.